The van der Waals surface area contributed by atoms with Gasteiger partial charge in [-0.2, -0.15) is 0 Å². The standard InChI is InChI=1S/C21H22N2O4/c24-12-16-20(14-7-3-1-4-8-14)26-18(22-16)11-19-23-17(13-25)21(27-19)15-9-5-2-6-10-15/h1-10,16-17,20-21,24-25H,11-13H2/t16-,17-,20-,21-/m0/s1. The van der Waals surface area contributed by atoms with Crippen molar-refractivity contribution in [2.45, 2.75) is 30.7 Å². The Morgan fingerprint density at radius 2 is 1.07 bits per heavy atom. The van der Waals surface area contributed by atoms with Crippen molar-refractivity contribution >= 4 is 11.8 Å². The summed E-state index contributed by atoms with van der Waals surface area (Å²) in [7, 11) is 0. The fraction of sp³-hybridized carbons (Fsp3) is 0.333. The van der Waals surface area contributed by atoms with E-state index in [4.69, 9.17) is 9.47 Å². The van der Waals surface area contributed by atoms with Crippen LogP contribution in [0.2, 0.25) is 0 Å². The molecule has 0 bridgehead atoms. The van der Waals surface area contributed by atoms with Crippen molar-refractivity contribution in [2.75, 3.05) is 13.2 Å². The van der Waals surface area contributed by atoms with Crippen LogP contribution in [0.5, 0.6) is 0 Å². The molecule has 4 atom stereocenters. The molecule has 27 heavy (non-hydrogen) atoms. The van der Waals surface area contributed by atoms with Crippen LogP contribution in [0.25, 0.3) is 0 Å². The maximum Gasteiger partial charge on any atom is 0.193 e. The highest BCUT2D eigenvalue weighted by atomic mass is 16.5. The van der Waals surface area contributed by atoms with Crippen LogP contribution in [-0.2, 0) is 9.47 Å². The van der Waals surface area contributed by atoms with Crippen LogP contribution < -0.4 is 0 Å². The van der Waals surface area contributed by atoms with Gasteiger partial charge in [0.05, 0.1) is 19.6 Å². The molecule has 0 unspecified atom stereocenters. The third kappa shape index (κ3) is 3.72. The second kappa shape index (κ2) is 7.90. The molecule has 6 nitrogen and oxygen atoms in total. The molecule has 0 saturated heterocycles. The molecule has 0 spiro atoms. The van der Waals surface area contributed by atoms with E-state index < -0.39 is 0 Å². The van der Waals surface area contributed by atoms with E-state index in [1.165, 1.54) is 0 Å². The molecule has 0 fully saturated rings. The molecule has 0 saturated carbocycles. The van der Waals surface area contributed by atoms with Crippen LogP contribution in [0.1, 0.15) is 29.8 Å². The minimum atomic E-state index is -0.344. The first-order valence-corrected chi connectivity index (χ1v) is 9.06. The second-order valence-electron chi connectivity index (χ2n) is 6.62. The van der Waals surface area contributed by atoms with Gasteiger partial charge in [-0.1, -0.05) is 60.7 Å². The summed E-state index contributed by atoms with van der Waals surface area (Å²) in [5.74, 6) is 0.985. The van der Waals surface area contributed by atoms with Gasteiger partial charge in [0, 0.05) is 0 Å². The Morgan fingerprint density at radius 3 is 1.44 bits per heavy atom. The zero-order chi connectivity index (χ0) is 18.6. The van der Waals surface area contributed by atoms with Gasteiger partial charge in [0.15, 0.2) is 11.8 Å². The molecule has 0 aromatic heterocycles. The van der Waals surface area contributed by atoms with Gasteiger partial charge in [-0.15, -0.1) is 0 Å². The lowest BCUT2D eigenvalue weighted by atomic mass is 10.0. The first-order chi connectivity index (χ1) is 13.3. The molecule has 0 radical (unpaired) electrons. The van der Waals surface area contributed by atoms with E-state index in [2.05, 4.69) is 9.98 Å². The average Bonchev–Trinajstić information content (AvgIpc) is 3.33. The molecule has 6 heteroatoms. The van der Waals surface area contributed by atoms with Gasteiger partial charge in [-0.05, 0) is 11.1 Å². The van der Waals surface area contributed by atoms with Crippen LogP contribution in [0.4, 0.5) is 0 Å². The zero-order valence-electron chi connectivity index (χ0n) is 14.8. The third-order valence-corrected chi connectivity index (χ3v) is 4.78. The van der Waals surface area contributed by atoms with E-state index >= 15 is 0 Å². The van der Waals surface area contributed by atoms with Crippen molar-refractivity contribution < 1.29 is 19.7 Å². The first-order valence-electron chi connectivity index (χ1n) is 9.06. The molecule has 2 aromatic carbocycles. The number of rotatable bonds is 6. The first kappa shape index (κ1) is 17.7. The molecule has 2 aromatic rings. The summed E-state index contributed by atoms with van der Waals surface area (Å²) in [6.07, 6.45) is -0.321. The highest BCUT2D eigenvalue weighted by Gasteiger charge is 2.36. The Morgan fingerprint density at radius 1 is 0.667 bits per heavy atom. The minimum absolute atomic E-state index is 0.0949. The monoisotopic (exact) mass is 366 g/mol. The van der Waals surface area contributed by atoms with Gasteiger partial charge < -0.3 is 19.7 Å². The van der Waals surface area contributed by atoms with Crippen molar-refractivity contribution in [1.29, 1.82) is 0 Å². The van der Waals surface area contributed by atoms with Gasteiger partial charge in [0.25, 0.3) is 0 Å². The molecule has 0 amide bonds. The summed E-state index contributed by atoms with van der Waals surface area (Å²) in [5.41, 5.74) is 1.94. The lowest BCUT2D eigenvalue weighted by Crippen LogP contribution is -2.18. The van der Waals surface area contributed by atoms with Crippen molar-refractivity contribution in [3.63, 3.8) is 0 Å². The highest BCUT2D eigenvalue weighted by Crippen LogP contribution is 2.33. The van der Waals surface area contributed by atoms with Crippen LogP contribution >= 0.6 is 0 Å². The third-order valence-electron chi connectivity index (χ3n) is 4.78. The Kier molecular flexibility index (Phi) is 5.18. The van der Waals surface area contributed by atoms with Gasteiger partial charge in [-0.3, -0.25) is 0 Å². The summed E-state index contributed by atoms with van der Waals surface area (Å²) in [5, 5.41) is 19.3. The second-order valence-corrected chi connectivity index (χ2v) is 6.62. The summed E-state index contributed by atoms with van der Waals surface area (Å²) in [6.45, 7) is -0.190. The number of benzene rings is 2. The van der Waals surface area contributed by atoms with E-state index in [0.29, 0.717) is 18.2 Å². The normalized spacial score (nSPS) is 26.9. The SMILES string of the molecule is OC[C@@H]1N=C(CC2=N[C@@H](CO)[C@H](c3ccccc3)O2)O[C@H]1c1ccccc1. The predicted molar refractivity (Wildman–Crippen MR) is 102 cm³/mol. The molecule has 0 aliphatic carbocycles. The number of aliphatic hydroxyl groups excluding tert-OH is 2. The van der Waals surface area contributed by atoms with Crippen molar-refractivity contribution in [3.8, 4) is 0 Å². The average molecular weight is 366 g/mol. The predicted octanol–water partition coefficient (Wildman–Crippen LogP) is 2.44. The summed E-state index contributed by atoms with van der Waals surface area (Å²) < 4.78 is 12.0. The van der Waals surface area contributed by atoms with Gasteiger partial charge in [-0.25, -0.2) is 9.98 Å². The van der Waals surface area contributed by atoms with E-state index in [1.54, 1.807) is 0 Å². The smallest absolute Gasteiger partial charge is 0.193 e. The van der Waals surface area contributed by atoms with Crippen LogP contribution in [0.15, 0.2) is 70.6 Å². The van der Waals surface area contributed by atoms with E-state index in [1.807, 2.05) is 60.7 Å². The maximum absolute atomic E-state index is 9.67. The number of hydrogen-bond acceptors (Lipinski definition) is 6. The topological polar surface area (TPSA) is 83.6 Å². The fourth-order valence-corrected chi connectivity index (χ4v) is 3.46. The molecule has 4 rings (SSSR count). The number of aliphatic hydroxyl groups is 2. The number of aliphatic imine (C=N–C) groups is 2. The van der Waals surface area contributed by atoms with Crippen molar-refractivity contribution in [2.24, 2.45) is 9.98 Å². The Balaban J connectivity index is 1.46. The quantitative estimate of drug-likeness (QED) is 0.822. The molecule has 2 aliphatic heterocycles. The molecule has 2 heterocycles. The van der Waals surface area contributed by atoms with Gasteiger partial charge in [0.2, 0.25) is 0 Å². The number of hydrogen-bond donors (Lipinski definition) is 2. The van der Waals surface area contributed by atoms with E-state index in [-0.39, 0.29) is 37.5 Å². The van der Waals surface area contributed by atoms with Crippen LogP contribution in [0, 0.1) is 0 Å². The lowest BCUT2D eigenvalue weighted by molar-refractivity contribution is 0.144. The Hall–Kier alpha value is -2.70. The maximum atomic E-state index is 9.67. The summed E-state index contributed by atoms with van der Waals surface area (Å²) >= 11 is 0. The van der Waals surface area contributed by atoms with Gasteiger partial charge in [0.1, 0.15) is 24.3 Å². The van der Waals surface area contributed by atoms with E-state index in [0.717, 1.165) is 11.1 Å². The van der Waals surface area contributed by atoms with Gasteiger partial charge >= 0.3 is 0 Å². The molecular weight excluding hydrogens is 344 g/mol. The zero-order valence-corrected chi connectivity index (χ0v) is 14.8. The Bertz CT molecular complexity index is 753. The molecule has 140 valence electrons. The van der Waals surface area contributed by atoms with Crippen LogP contribution in [0.3, 0.4) is 0 Å². The Labute approximate surface area is 157 Å². The van der Waals surface area contributed by atoms with E-state index in [9.17, 15) is 10.2 Å². The molecular formula is C21H22N2O4. The van der Waals surface area contributed by atoms with Crippen molar-refractivity contribution in [3.05, 3.63) is 71.8 Å². The summed E-state index contributed by atoms with van der Waals surface area (Å²) in [4.78, 5) is 9.00. The number of ether oxygens (including phenoxy) is 2. The molecule has 2 aliphatic rings. The number of nitrogens with zero attached hydrogens (tertiary/aromatic N) is 2. The van der Waals surface area contributed by atoms with Crippen molar-refractivity contribution in [1.82, 2.24) is 0 Å². The summed E-state index contributed by atoms with van der Waals surface area (Å²) in [6, 6.07) is 18.8. The largest absolute Gasteiger partial charge is 0.470 e. The van der Waals surface area contributed by atoms with Crippen LogP contribution in [-0.4, -0.2) is 47.3 Å². The minimum Gasteiger partial charge on any atom is -0.470 e. The lowest BCUT2D eigenvalue weighted by Gasteiger charge is -2.17. The highest BCUT2D eigenvalue weighted by molar-refractivity contribution is 5.98. The molecule has 2 N–H and O–H groups in total. The fourth-order valence-electron chi connectivity index (χ4n) is 3.46.